The number of pyridine rings is 1. The minimum absolute atomic E-state index is 0.101. The van der Waals surface area contributed by atoms with E-state index in [4.69, 9.17) is 0 Å². The van der Waals surface area contributed by atoms with Crippen molar-refractivity contribution in [1.29, 1.82) is 0 Å². The van der Waals surface area contributed by atoms with Crippen LogP contribution in [0.5, 0.6) is 0 Å². The summed E-state index contributed by atoms with van der Waals surface area (Å²) < 4.78 is 0.699. The van der Waals surface area contributed by atoms with Crippen LogP contribution in [0.1, 0.15) is 0 Å². The maximum atomic E-state index is 11.7. The molecular weight excluding hydrogens is 256 g/mol. The summed E-state index contributed by atoms with van der Waals surface area (Å²) >= 11 is 3.28. The Balaban J connectivity index is 2.67. The fourth-order valence-corrected chi connectivity index (χ4v) is 2.24. The molecule has 0 aliphatic carbocycles. The van der Waals surface area contributed by atoms with E-state index >= 15 is 0 Å². The molecular formula is C11H7BrN2O. The molecule has 2 heterocycles. The van der Waals surface area contributed by atoms with Crippen LogP contribution in [-0.4, -0.2) is 9.97 Å². The van der Waals surface area contributed by atoms with Crippen molar-refractivity contribution in [2.45, 2.75) is 0 Å². The van der Waals surface area contributed by atoms with E-state index in [2.05, 4.69) is 25.9 Å². The molecule has 2 N–H and O–H groups in total. The van der Waals surface area contributed by atoms with Crippen molar-refractivity contribution in [1.82, 2.24) is 9.97 Å². The molecule has 0 saturated carbocycles. The van der Waals surface area contributed by atoms with Gasteiger partial charge in [0.05, 0.1) is 4.60 Å². The van der Waals surface area contributed by atoms with Crippen LogP contribution in [0.3, 0.4) is 0 Å². The Hall–Kier alpha value is -1.55. The van der Waals surface area contributed by atoms with Crippen molar-refractivity contribution in [2.24, 2.45) is 0 Å². The Kier molecular flexibility index (Phi) is 1.73. The number of fused-ring (bicyclic) bond motifs is 3. The number of benzene rings is 1. The standard InChI is InChI=1S/C11H7BrN2O/c12-9-5-7-6-3-1-2-4-8(6)13-10(7)11(15)14-9/h1-5,13H,(H,14,15). The van der Waals surface area contributed by atoms with Crippen LogP contribution in [0.2, 0.25) is 0 Å². The lowest BCUT2D eigenvalue weighted by Crippen LogP contribution is -2.05. The van der Waals surface area contributed by atoms with Gasteiger partial charge in [-0.1, -0.05) is 18.2 Å². The SMILES string of the molecule is O=c1[nH]c(Br)cc2c1[nH]c1ccccc12. The quantitative estimate of drug-likeness (QED) is 0.602. The maximum Gasteiger partial charge on any atom is 0.273 e. The van der Waals surface area contributed by atoms with Crippen LogP contribution in [-0.2, 0) is 0 Å². The maximum absolute atomic E-state index is 11.7. The topological polar surface area (TPSA) is 48.6 Å². The van der Waals surface area contributed by atoms with Gasteiger partial charge in [-0.05, 0) is 28.1 Å². The van der Waals surface area contributed by atoms with E-state index in [1.807, 2.05) is 30.3 Å². The molecule has 0 unspecified atom stereocenters. The van der Waals surface area contributed by atoms with E-state index < -0.39 is 0 Å². The Morgan fingerprint density at radius 1 is 1.07 bits per heavy atom. The third-order valence-electron chi connectivity index (χ3n) is 2.48. The van der Waals surface area contributed by atoms with Gasteiger partial charge in [0.25, 0.3) is 5.56 Å². The second-order valence-electron chi connectivity index (χ2n) is 3.41. The summed E-state index contributed by atoms with van der Waals surface area (Å²) in [4.78, 5) is 17.5. The summed E-state index contributed by atoms with van der Waals surface area (Å²) in [5.74, 6) is 0. The first-order valence-corrected chi connectivity index (χ1v) is 5.34. The van der Waals surface area contributed by atoms with Crippen LogP contribution in [0, 0.1) is 0 Å². The third kappa shape index (κ3) is 1.22. The molecule has 0 spiro atoms. The van der Waals surface area contributed by atoms with Crippen LogP contribution < -0.4 is 5.56 Å². The molecule has 0 bridgehead atoms. The molecule has 0 radical (unpaired) electrons. The van der Waals surface area contributed by atoms with Crippen LogP contribution in [0.25, 0.3) is 21.8 Å². The number of rotatable bonds is 0. The first-order valence-electron chi connectivity index (χ1n) is 4.55. The fraction of sp³-hybridized carbons (Fsp3) is 0. The molecule has 3 aromatic rings. The molecule has 4 heteroatoms. The van der Waals surface area contributed by atoms with Gasteiger partial charge >= 0.3 is 0 Å². The van der Waals surface area contributed by atoms with E-state index in [9.17, 15) is 4.79 Å². The average molecular weight is 263 g/mol. The number of para-hydroxylation sites is 1. The minimum Gasteiger partial charge on any atom is -0.350 e. The largest absolute Gasteiger partial charge is 0.350 e. The molecule has 0 fully saturated rings. The van der Waals surface area contributed by atoms with E-state index in [-0.39, 0.29) is 5.56 Å². The van der Waals surface area contributed by atoms with Gasteiger partial charge in [0.2, 0.25) is 0 Å². The van der Waals surface area contributed by atoms with Crippen molar-refractivity contribution in [2.75, 3.05) is 0 Å². The Morgan fingerprint density at radius 2 is 1.87 bits per heavy atom. The Morgan fingerprint density at radius 3 is 2.73 bits per heavy atom. The lowest BCUT2D eigenvalue weighted by Gasteiger charge is -1.91. The first-order chi connectivity index (χ1) is 7.25. The highest BCUT2D eigenvalue weighted by Crippen LogP contribution is 2.24. The lowest BCUT2D eigenvalue weighted by atomic mass is 10.2. The van der Waals surface area contributed by atoms with Crippen LogP contribution >= 0.6 is 15.9 Å². The molecule has 0 atom stereocenters. The van der Waals surface area contributed by atoms with E-state index in [0.717, 1.165) is 16.3 Å². The predicted octanol–water partition coefficient (Wildman–Crippen LogP) is 2.77. The summed E-state index contributed by atoms with van der Waals surface area (Å²) in [5, 5.41) is 2.01. The first kappa shape index (κ1) is 8.73. The van der Waals surface area contributed by atoms with Crippen molar-refractivity contribution < 1.29 is 0 Å². The average Bonchev–Trinajstić information content (AvgIpc) is 2.57. The number of hydrogen-bond donors (Lipinski definition) is 2. The fourth-order valence-electron chi connectivity index (χ4n) is 1.83. The summed E-state index contributed by atoms with van der Waals surface area (Å²) in [6.07, 6.45) is 0. The van der Waals surface area contributed by atoms with E-state index in [1.165, 1.54) is 0 Å². The summed E-state index contributed by atoms with van der Waals surface area (Å²) in [5.41, 5.74) is 1.51. The number of H-pyrrole nitrogens is 2. The zero-order valence-corrected chi connectivity index (χ0v) is 9.26. The molecule has 74 valence electrons. The molecule has 0 saturated heterocycles. The van der Waals surface area contributed by atoms with Gasteiger partial charge in [0, 0.05) is 16.3 Å². The van der Waals surface area contributed by atoms with Gasteiger partial charge in [-0.25, -0.2) is 0 Å². The minimum atomic E-state index is -0.101. The Bertz CT molecular complexity index is 711. The molecule has 0 aliphatic heterocycles. The van der Waals surface area contributed by atoms with Gasteiger partial charge in [-0.15, -0.1) is 0 Å². The van der Waals surface area contributed by atoms with Crippen molar-refractivity contribution >= 4 is 37.7 Å². The predicted molar refractivity (Wildman–Crippen MR) is 64.1 cm³/mol. The number of aromatic amines is 2. The summed E-state index contributed by atoms with van der Waals surface area (Å²) in [6, 6.07) is 9.78. The van der Waals surface area contributed by atoms with Crippen molar-refractivity contribution in [3.05, 3.63) is 45.3 Å². The van der Waals surface area contributed by atoms with Gasteiger partial charge < -0.3 is 9.97 Å². The molecule has 1 aromatic carbocycles. The highest BCUT2D eigenvalue weighted by Gasteiger charge is 2.06. The monoisotopic (exact) mass is 262 g/mol. The van der Waals surface area contributed by atoms with Gasteiger partial charge in [0.15, 0.2) is 0 Å². The van der Waals surface area contributed by atoms with Crippen molar-refractivity contribution in [3.8, 4) is 0 Å². The number of hydrogen-bond acceptors (Lipinski definition) is 1. The molecule has 3 rings (SSSR count). The summed E-state index contributed by atoms with van der Waals surface area (Å²) in [7, 11) is 0. The molecule has 2 aromatic heterocycles. The zero-order chi connectivity index (χ0) is 10.4. The van der Waals surface area contributed by atoms with Crippen LogP contribution in [0.15, 0.2) is 39.7 Å². The molecule has 0 aliphatic rings. The van der Waals surface area contributed by atoms with E-state index in [0.29, 0.717) is 10.1 Å². The van der Waals surface area contributed by atoms with Crippen LogP contribution in [0.4, 0.5) is 0 Å². The number of nitrogens with one attached hydrogen (secondary N) is 2. The molecule has 15 heavy (non-hydrogen) atoms. The smallest absolute Gasteiger partial charge is 0.273 e. The second kappa shape index (κ2) is 2.97. The van der Waals surface area contributed by atoms with Gasteiger partial charge in [-0.2, -0.15) is 0 Å². The number of aromatic nitrogens is 2. The lowest BCUT2D eigenvalue weighted by molar-refractivity contribution is 1.22. The summed E-state index contributed by atoms with van der Waals surface area (Å²) in [6.45, 7) is 0. The molecule has 3 nitrogen and oxygen atoms in total. The second-order valence-corrected chi connectivity index (χ2v) is 4.26. The van der Waals surface area contributed by atoms with Crippen molar-refractivity contribution in [3.63, 3.8) is 0 Å². The molecule has 0 amide bonds. The highest BCUT2D eigenvalue weighted by molar-refractivity contribution is 9.10. The zero-order valence-electron chi connectivity index (χ0n) is 7.67. The third-order valence-corrected chi connectivity index (χ3v) is 2.90. The number of halogens is 1. The highest BCUT2D eigenvalue weighted by atomic mass is 79.9. The van der Waals surface area contributed by atoms with Gasteiger partial charge in [-0.3, -0.25) is 4.79 Å². The van der Waals surface area contributed by atoms with E-state index in [1.54, 1.807) is 0 Å². The van der Waals surface area contributed by atoms with Gasteiger partial charge in [0.1, 0.15) is 5.52 Å². The Labute approximate surface area is 93.3 Å². The normalized spacial score (nSPS) is 11.3.